The minimum atomic E-state index is -4.98. The zero-order valence-corrected chi connectivity index (χ0v) is 18.9. The first-order chi connectivity index (χ1) is 15.6. The van der Waals surface area contributed by atoms with Gasteiger partial charge in [0.1, 0.15) is 12.0 Å². The maximum Gasteiger partial charge on any atom is 0.423 e. The lowest BCUT2D eigenvalue weighted by molar-refractivity contribution is -0.269. The third-order valence-corrected chi connectivity index (χ3v) is 7.94. The molecular weight excluding hydrogens is 459 g/mol. The highest BCUT2D eigenvalue weighted by Crippen LogP contribution is 2.60. The number of sulfonamides is 1. The average Bonchev–Trinajstić information content (AvgIpc) is 3.29. The van der Waals surface area contributed by atoms with Crippen LogP contribution < -0.4 is 4.31 Å². The first-order valence-corrected chi connectivity index (χ1v) is 12.1. The number of nitrogens with zero attached hydrogens (tertiary/aromatic N) is 1. The maximum atomic E-state index is 14.6. The molecule has 10 heteroatoms. The van der Waals surface area contributed by atoms with Crippen molar-refractivity contribution in [3.05, 3.63) is 59.7 Å². The molecule has 1 saturated heterocycles. The summed E-state index contributed by atoms with van der Waals surface area (Å²) in [4.78, 5) is 12.7. The number of alkyl halides is 3. The topological polar surface area (TPSA) is 72.9 Å². The van der Waals surface area contributed by atoms with Crippen LogP contribution in [0.5, 0.6) is 0 Å². The van der Waals surface area contributed by atoms with E-state index in [9.17, 15) is 26.4 Å². The Morgan fingerprint density at radius 2 is 1.85 bits per heavy atom. The van der Waals surface area contributed by atoms with Gasteiger partial charge in [0, 0.05) is 5.56 Å². The van der Waals surface area contributed by atoms with Crippen LogP contribution in [0.2, 0.25) is 0 Å². The molecule has 0 aromatic heterocycles. The first-order valence-electron chi connectivity index (χ1n) is 10.6. The molecule has 1 fully saturated rings. The second kappa shape index (κ2) is 8.32. The van der Waals surface area contributed by atoms with Gasteiger partial charge < -0.3 is 9.47 Å². The number of carbonyl (C=O) groups is 1. The Morgan fingerprint density at radius 3 is 2.48 bits per heavy atom. The van der Waals surface area contributed by atoms with Crippen molar-refractivity contribution in [3.63, 3.8) is 0 Å². The highest BCUT2D eigenvalue weighted by atomic mass is 32.2. The Morgan fingerprint density at radius 1 is 1.18 bits per heavy atom. The molecule has 2 aromatic rings. The number of ether oxygens (including phenoxy) is 2. The Bertz CT molecular complexity index is 1150. The molecule has 33 heavy (non-hydrogen) atoms. The van der Waals surface area contributed by atoms with Crippen LogP contribution in [0.15, 0.2) is 53.4 Å². The highest BCUT2D eigenvalue weighted by molar-refractivity contribution is 7.92. The number of unbranched alkanes of at least 4 members (excludes halogenated alkanes) is 1. The molecular formula is C23H24F3NO5S. The first kappa shape index (κ1) is 23.6. The van der Waals surface area contributed by atoms with E-state index in [0.717, 1.165) is 12.0 Å². The number of hydrogen-bond acceptors (Lipinski definition) is 5. The number of aryl methyl sites for hydroxylation is 1. The summed E-state index contributed by atoms with van der Waals surface area (Å²) < 4.78 is 82.6. The fourth-order valence-corrected chi connectivity index (χ4v) is 6.22. The van der Waals surface area contributed by atoms with Crippen LogP contribution in [0.25, 0.3) is 0 Å². The molecule has 0 radical (unpaired) electrons. The smallest absolute Gasteiger partial charge is 0.423 e. The van der Waals surface area contributed by atoms with Crippen molar-refractivity contribution >= 4 is 21.7 Å². The molecule has 0 aliphatic carbocycles. The van der Waals surface area contributed by atoms with Crippen molar-refractivity contribution in [3.8, 4) is 0 Å². The van der Waals surface area contributed by atoms with Gasteiger partial charge in [0.25, 0.3) is 10.0 Å². The number of esters is 1. The summed E-state index contributed by atoms with van der Waals surface area (Å²) in [5.74, 6) is -2.35. The van der Waals surface area contributed by atoms with E-state index in [-0.39, 0.29) is 22.8 Å². The van der Waals surface area contributed by atoms with Gasteiger partial charge in [-0.25, -0.2) is 8.42 Å². The molecule has 0 bridgehead atoms. The third kappa shape index (κ3) is 3.59. The Kier molecular flexibility index (Phi) is 5.94. The summed E-state index contributed by atoms with van der Waals surface area (Å²) >= 11 is 0. The van der Waals surface area contributed by atoms with Crippen LogP contribution in [0.3, 0.4) is 0 Å². The average molecular weight is 484 g/mol. The van der Waals surface area contributed by atoms with Gasteiger partial charge in [0.05, 0.1) is 23.8 Å². The predicted octanol–water partition coefficient (Wildman–Crippen LogP) is 4.32. The van der Waals surface area contributed by atoms with Crippen molar-refractivity contribution in [1.29, 1.82) is 0 Å². The molecule has 3 unspecified atom stereocenters. The van der Waals surface area contributed by atoms with Crippen molar-refractivity contribution < 1.29 is 35.9 Å². The summed E-state index contributed by atoms with van der Waals surface area (Å²) in [6.07, 6.45) is -3.71. The third-order valence-electron chi connectivity index (χ3n) is 6.13. The van der Waals surface area contributed by atoms with Crippen LogP contribution in [0.4, 0.5) is 18.9 Å². The Balaban J connectivity index is 1.89. The van der Waals surface area contributed by atoms with Crippen LogP contribution in [0, 0.1) is 12.8 Å². The molecule has 2 aromatic carbocycles. The van der Waals surface area contributed by atoms with Gasteiger partial charge in [-0.2, -0.15) is 13.2 Å². The summed E-state index contributed by atoms with van der Waals surface area (Å²) in [6, 6.07) is 9.28. The number of fused-ring (bicyclic) bond motifs is 3. The van der Waals surface area contributed by atoms with Crippen molar-refractivity contribution in [2.45, 2.75) is 49.4 Å². The minimum absolute atomic E-state index is 0.0369. The molecule has 2 aliphatic heterocycles. The fourth-order valence-electron chi connectivity index (χ4n) is 4.50. The maximum absolute atomic E-state index is 14.6. The SMILES string of the molecule is CCCCOC(=O)C1COC2(C(F)(F)F)c3ccccc3N(S(=O)(=O)c3ccc(C)cc3)C12. The normalized spacial score (nSPS) is 24.5. The standard InChI is InChI=1S/C23H24F3NO5S/c1-3-4-13-31-21(28)17-14-32-22(23(24,25)26)18-7-5-6-8-19(18)27(20(17)22)33(29,30)16-11-9-15(2)10-12-16/h5-12,17,20H,3-4,13-14H2,1-2H3. The highest BCUT2D eigenvalue weighted by Gasteiger charge is 2.75. The molecule has 178 valence electrons. The van der Waals surface area contributed by atoms with Crippen LogP contribution >= 0.6 is 0 Å². The van der Waals surface area contributed by atoms with Gasteiger partial charge in [0.15, 0.2) is 0 Å². The minimum Gasteiger partial charge on any atom is -0.465 e. The fraction of sp³-hybridized carbons (Fsp3) is 0.435. The number of carbonyl (C=O) groups excluding carboxylic acids is 1. The number of anilines is 1. The summed E-state index contributed by atoms with van der Waals surface area (Å²) in [5.41, 5.74) is -2.68. The monoisotopic (exact) mass is 483 g/mol. The molecule has 2 aliphatic rings. The van der Waals surface area contributed by atoms with E-state index in [1.54, 1.807) is 19.1 Å². The van der Waals surface area contributed by atoms with Crippen molar-refractivity contribution in [2.75, 3.05) is 17.5 Å². The molecule has 0 spiro atoms. The van der Waals surface area contributed by atoms with E-state index >= 15 is 0 Å². The van der Waals surface area contributed by atoms with E-state index in [1.807, 2.05) is 6.92 Å². The van der Waals surface area contributed by atoms with E-state index in [1.165, 1.54) is 36.4 Å². The predicted molar refractivity (Wildman–Crippen MR) is 114 cm³/mol. The lowest BCUT2D eigenvalue weighted by Crippen LogP contribution is -2.56. The van der Waals surface area contributed by atoms with E-state index < -0.39 is 46.3 Å². The van der Waals surface area contributed by atoms with Gasteiger partial charge in [-0.05, 0) is 31.5 Å². The molecule has 4 rings (SSSR count). The van der Waals surface area contributed by atoms with Gasteiger partial charge in [-0.15, -0.1) is 0 Å². The van der Waals surface area contributed by atoms with Gasteiger partial charge in [0.2, 0.25) is 5.60 Å². The van der Waals surface area contributed by atoms with Gasteiger partial charge in [-0.3, -0.25) is 9.10 Å². The summed E-state index contributed by atoms with van der Waals surface area (Å²) in [7, 11) is -4.47. The zero-order valence-electron chi connectivity index (χ0n) is 18.1. The number of benzene rings is 2. The number of halogens is 3. The molecule has 0 amide bonds. The van der Waals surface area contributed by atoms with Crippen molar-refractivity contribution in [1.82, 2.24) is 0 Å². The quantitative estimate of drug-likeness (QED) is 0.452. The van der Waals surface area contributed by atoms with E-state index in [0.29, 0.717) is 10.7 Å². The molecule has 6 nitrogen and oxygen atoms in total. The second-order valence-corrected chi connectivity index (χ2v) is 10.1. The van der Waals surface area contributed by atoms with Crippen molar-refractivity contribution in [2.24, 2.45) is 5.92 Å². The lowest BCUT2D eigenvalue weighted by Gasteiger charge is -2.35. The van der Waals surface area contributed by atoms with E-state index in [4.69, 9.17) is 9.47 Å². The summed E-state index contributed by atoms with van der Waals surface area (Å²) in [6.45, 7) is 3.08. The van der Waals surface area contributed by atoms with E-state index in [2.05, 4.69) is 0 Å². The zero-order chi connectivity index (χ0) is 24.0. The Hall–Kier alpha value is -2.59. The number of rotatable bonds is 6. The number of para-hydroxylation sites is 1. The van der Waals surface area contributed by atoms with Crippen LogP contribution in [-0.4, -0.2) is 39.8 Å². The number of hydrogen-bond donors (Lipinski definition) is 0. The van der Waals surface area contributed by atoms with Crippen LogP contribution in [0.1, 0.15) is 30.9 Å². The van der Waals surface area contributed by atoms with Gasteiger partial charge in [-0.1, -0.05) is 49.2 Å². The van der Waals surface area contributed by atoms with Crippen LogP contribution in [-0.2, 0) is 29.9 Å². The van der Waals surface area contributed by atoms with Gasteiger partial charge >= 0.3 is 12.1 Å². The largest absolute Gasteiger partial charge is 0.465 e. The second-order valence-electron chi connectivity index (χ2n) is 8.25. The summed E-state index contributed by atoms with van der Waals surface area (Å²) in [5, 5.41) is 0. The molecule has 2 heterocycles. The molecule has 0 N–H and O–H groups in total. The molecule has 0 saturated carbocycles. The lowest BCUT2D eigenvalue weighted by atomic mass is 9.85. The molecule has 3 atom stereocenters. The Labute approximate surface area is 190 Å².